The molecule has 0 unspecified atom stereocenters. The van der Waals surface area contributed by atoms with Crippen LogP contribution in [0.15, 0.2) is 54.9 Å². The molecule has 0 fully saturated rings. The fourth-order valence-electron chi connectivity index (χ4n) is 3.32. The van der Waals surface area contributed by atoms with E-state index in [-0.39, 0.29) is 0 Å². The molecule has 0 saturated carbocycles. The summed E-state index contributed by atoms with van der Waals surface area (Å²) >= 11 is 0. The highest BCUT2D eigenvalue weighted by Crippen LogP contribution is 2.41. The Kier molecular flexibility index (Phi) is 4.87. The van der Waals surface area contributed by atoms with E-state index in [2.05, 4.69) is 15.3 Å². The van der Waals surface area contributed by atoms with Gasteiger partial charge in [-0.05, 0) is 23.8 Å². The van der Waals surface area contributed by atoms with Gasteiger partial charge >= 0.3 is 0 Å². The van der Waals surface area contributed by atoms with Crippen LogP contribution in [0.4, 0.5) is 17.2 Å². The van der Waals surface area contributed by atoms with E-state index in [0.717, 1.165) is 39.2 Å². The zero-order chi connectivity index (χ0) is 20.4. The van der Waals surface area contributed by atoms with E-state index in [1.807, 2.05) is 48.7 Å². The number of aromatic amines is 1. The number of nitrogen functional groups attached to an aromatic ring is 1. The number of H-pyrrole nitrogens is 1. The van der Waals surface area contributed by atoms with Gasteiger partial charge in [-0.2, -0.15) is 0 Å². The highest BCUT2D eigenvalue weighted by Gasteiger charge is 2.14. The first-order valence-electron chi connectivity index (χ1n) is 9.02. The summed E-state index contributed by atoms with van der Waals surface area (Å²) in [5.41, 5.74) is 10.3. The molecule has 4 aromatic rings. The molecule has 29 heavy (non-hydrogen) atoms. The molecular weight excluding hydrogens is 368 g/mol. The van der Waals surface area contributed by atoms with Crippen molar-refractivity contribution in [1.29, 1.82) is 0 Å². The van der Waals surface area contributed by atoms with Crippen LogP contribution in [0.3, 0.4) is 0 Å². The van der Waals surface area contributed by atoms with Gasteiger partial charge in [0.15, 0.2) is 11.5 Å². The highest BCUT2D eigenvalue weighted by atomic mass is 16.5. The maximum atomic E-state index is 5.81. The number of fused-ring (bicyclic) bond motifs is 1. The lowest BCUT2D eigenvalue weighted by Crippen LogP contribution is -1.97. The van der Waals surface area contributed by atoms with Gasteiger partial charge in [0.25, 0.3) is 0 Å². The summed E-state index contributed by atoms with van der Waals surface area (Å²) in [7, 11) is 4.76. The molecule has 0 saturated heterocycles. The molecule has 4 N–H and O–H groups in total. The Hall–Kier alpha value is -3.87. The smallest absolute Gasteiger partial charge is 0.203 e. The van der Waals surface area contributed by atoms with E-state index < -0.39 is 0 Å². The predicted molar refractivity (Wildman–Crippen MR) is 115 cm³/mol. The van der Waals surface area contributed by atoms with E-state index in [1.165, 1.54) is 0 Å². The quantitative estimate of drug-likeness (QED) is 0.417. The summed E-state index contributed by atoms with van der Waals surface area (Å²) in [6.07, 6.45) is 3.65. The van der Waals surface area contributed by atoms with E-state index in [0.29, 0.717) is 17.2 Å². The SMILES string of the molecule is COc1cc(Nc2cc3c(-c4ccc(N)cc4)cncc3[nH]2)cc(OC)c1OC. The molecule has 7 heteroatoms. The number of rotatable bonds is 6. The molecule has 2 heterocycles. The molecule has 2 aromatic heterocycles. The average Bonchev–Trinajstić information content (AvgIpc) is 3.16. The Morgan fingerprint density at radius 3 is 2.21 bits per heavy atom. The number of nitrogens with two attached hydrogens (primary N) is 1. The number of methoxy groups -OCH3 is 3. The summed E-state index contributed by atoms with van der Waals surface area (Å²) in [4.78, 5) is 7.72. The molecule has 0 spiro atoms. The molecular formula is C22H22N4O3. The molecule has 0 atom stereocenters. The van der Waals surface area contributed by atoms with Crippen LogP contribution < -0.4 is 25.3 Å². The minimum Gasteiger partial charge on any atom is -0.493 e. The fraction of sp³-hybridized carbons (Fsp3) is 0.136. The topological polar surface area (TPSA) is 94.4 Å². The van der Waals surface area contributed by atoms with Crippen LogP contribution >= 0.6 is 0 Å². The van der Waals surface area contributed by atoms with Crippen LogP contribution in [0.2, 0.25) is 0 Å². The van der Waals surface area contributed by atoms with Gasteiger partial charge in [0.2, 0.25) is 5.75 Å². The monoisotopic (exact) mass is 390 g/mol. The number of nitrogens with zero attached hydrogens (tertiary/aromatic N) is 1. The third-order valence-electron chi connectivity index (χ3n) is 4.71. The zero-order valence-electron chi connectivity index (χ0n) is 16.4. The van der Waals surface area contributed by atoms with Crippen LogP contribution in [0.25, 0.3) is 22.0 Å². The van der Waals surface area contributed by atoms with E-state index >= 15 is 0 Å². The lowest BCUT2D eigenvalue weighted by atomic mass is 10.0. The Bertz CT molecular complexity index is 1130. The van der Waals surface area contributed by atoms with Crippen LogP contribution in [-0.2, 0) is 0 Å². The molecule has 2 aromatic carbocycles. The molecule has 4 rings (SSSR count). The first-order chi connectivity index (χ1) is 14.1. The number of ether oxygens (including phenoxy) is 3. The van der Waals surface area contributed by atoms with Gasteiger partial charge in [-0.25, -0.2) is 0 Å². The van der Waals surface area contributed by atoms with Crippen LogP contribution in [0, 0.1) is 0 Å². The second-order valence-electron chi connectivity index (χ2n) is 6.49. The largest absolute Gasteiger partial charge is 0.493 e. The van der Waals surface area contributed by atoms with Gasteiger partial charge < -0.3 is 30.2 Å². The van der Waals surface area contributed by atoms with Crippen LogP contribution in [-0.4, -0.2) is 31.3 Å². The first kappa shape index (κ1) is 18.5. The Morgan fingerprint density at radius 2 is 1.59 bits per heavy atom. The van der Waals surface area contributed by atoms with Gasteiger partial charge in [0.05, 0.1) is 33.0 Å². The van der Waals surface area contributed by atoms with E-state index in [9.17, 15) is 0 Å². The summed E-state index contributed by atoms with van der Waals surface area (Å²) in [5, 5.41) is 4.42. The number of nitrogens with one attached hydrogen (secondary N) is 2. The van der Waals surface area contributed by atoms with Gasteiger partial charge in [-0.3, -0.25) is 4.98 Å². The molecule has 148 valence electrons. The van der Waals surface area contributed by atoms with Crippen LogP contribution in [0.5, 0.6) is 17.2 Å². The maximum Gasteiger partial charge on any atom is 0.203 e. The number of anilines is 3. The number of hydrogen-bond donors (Lipinski definition) is 3. The second kappa shape index (κ2) is 7.63. The lowest BCUT2D eigenvalue weighted by molar-refractivity contribution is 0.324. The van der Waals surface area contributed by atoms with Crippen molar-refractivity contribution in [2.45, 2.75) is 0 Å². The summed E-state index contributed by atoms with van der Waals surface area (Å²) < 4.78 is 16.2. The minimum atomic E-state index is 0.548. The Balaban J connectivity index is 1.73. The highest BCUT2D eigenvalue weighted by molar-refractivity contribution is 5.97. The van der Waals surface area contributed by atoms with Crippen molar-refractivity contribution in [3.63, 3.8) is 0 Å². The van der Waals surface area contributed by atoms with Gasteiger partial charge in [-0.15, -0.1) is 0 Å². The van der Waals surface area contributed by atoms with Gasteiger partial charge in [-0.1, -0.05) is 12.1 Å². The van der Waals surface area contributed by atoms with Crippen molar-refractivity contribution < 1.29 is 14.2 Å². The van der Waals surface area contributed by atoms with Gasteiger partial charge in [0.1, 0.15) is 5.82 Å². The third kappa shape index (κ3) is 3.50. The number of benzene rings is 2. The molecule has 0 aliphatic carbocycles. The molecule has 7 nitrogen and oxygen atoms in total. The van der Waals surface area contributed by atoms with E-state index in [1.54, 1.807) is 27.5 Å². The normalized spacial score (nSPS) is 10.7. The number of pyridine rings is 1. The predicted octanol–water partition coefficient (Wildman–Crippen LogP) is 4.58. The van der Waals surface area contributed by atoms with Crippen molar-refractivity contribution in [2.24, 2.45) is 0 Å². The van der Waals surface area contributed by atoms with Crippen molar-refractivity contribution in [2.75, 3.05) is 32.4 Å². The van der Waals surface area contributed by atoms with Crippen molar-refractivity contribution >= 4 is 28.1 Å². The lowest BCUT2D eigenvalue weighted by Gasteiger charge is -2.14. The minimum absolute atomic E-state index is 0.548. The first-order valence-corrected chi connectivity index (χ1v) is 9.02. The molecule has 0 radical (unpaired) electrons. The third-order valence-corrected chi connectivity index (χ3v) is 4.71. The molecule has 0 aliphatic rings. The van der Waals surface area contributed by atoms with Crippen molar-refractivity contribution in [3.8, 4) is 28.4 Å². The van der Waals surface area contributed by atoms with Crippen LogP contribution in [0.1, 0.15) is 0 Å². The Labute approximate surface area is 168 Å². The summed E-state index contributed by atoms with van der Waals surface area (Å²) in [5.74, 6) is 2.52. The van der Waals surface area contributed by atoms with E-state index in [4.69, 9.17) is 19.9 Å². The second-order valence-corrected chi connectivity index (χ2v) is 6.49. The summed E-state index contributed by atoms with van der Waals surface area (Å²) in [6.45, 7) is 0. The molecule has 0 bridgehead atoms. The Morgan fingerprint density at radius 1 is 0.897 bits per heavy atom. The zero-order valence-corrected chi connectivity index (χ0v) is 16.4. The number of hydrogen-bond acceptors (Lipinski definition) is 6. The fourth-order valence-corrected chi connectivity index (χ4v) is 3.32. The molecule has 0 amide bonds. The number of aromatic nitrogens is 2. The molecule has 0 aliphatic heterocycles. The van der Waals surface area contributed by atoms with Gasteiger partial charge in [0, 0.05) is 40.7 Å². The maximum absolute atomic E-state index is 5.81. The average molecular weight is 390 g/mol. The van der Waals surface area contributed by atoms with Crippen molar-refractivity contribution in [1.82, 2.24) is 9.97 Å². The standard InChI is InChI=1S/C22H22N4O3/c1-27-19-8-15(9-20(28-2)22(19)29-3)25-21-10-16-17(11-24-12-18(16)26-21)13-4-6-14(23)7-5-13/h4-12,25-26H,23H2,1-3H3. The van der Waals surface area contributed by atoms with Crippen molar-refractivity contribution in [3.05, 3.63) is 54.9 Å². The summed E-state index contributed by atoms with van der Waals surface area (Å²) in [6, 6.07) is 13.5.